The van der Waals surface area contributed by atoms with E-state index in [0.717, 1.165) is 0 Å². The summed E-state index contributed by atoms with van der Waals surface area (Å²) >= 11 is 5.11. The molecule has 0 unspecified atom stereocenters. The molecule has 0 aliphatic rings. The molecular weight excluding hydrogens is 263 g/mol. The molecule has 0 aliphatic heterocycles. The largest absolute Gasteiger partial charge is 0.362 e. The van der Waals surface area contributed by atoms with Crippen molar-refractivity contribution in [3.63, 3.8) is 0 Å². The maximum Gasteiger partial charge on any atom is 0.171 e. The summed E-state index contributed by atoms with van der Waals surface area (Å²) < 4.78 is 13.3. The molecule has 0 amide bonds. The number of nitrogens with zero attached hydrogens (tertiary/aromatic N) is 2. The summed E-state index contributed by atoms with van der Waals surface area (Å²) in [4.78, 5) is 8.06. The molecule has 0 spiro atoms. The Balaban J connectivity index is 1.77. The maximum atomic E-state index is 13.3. The fourth-order valence-corrected chi connectivity index (χ4v) is 1.70. The van der Waals surface area contributed by atoms with Crippen LogP contribution in [0.3, 0.4) is 0 Å². The first-order valence-corrected chi connectivity index (χ1v) is 6.22. The fraction of sp³-hybridized carbons (Fsp3) is 0.154. The molecule has 2 rings (SSSR count). The van der Waals surface area contributed by atoms with Crippen LogP contribution in [0.15, 0.2) is 42.7 Å². The molecular formula is C13H13FN4S. The molecule has 0 fully saturated rings. The minimum absolute atomic E-state index is 0.298. The van der Waals surface area contributed by atoms with E-state index in [1.807, 2.05) is 18.2 Å². The molecule has 19 heavy (non-hydrogen) atoms. The van der Waals surface area contributed by atoms with E-state index in [0.29, 0.717) is 29.6 Å². The van der Waals surface area contributed by atoms with E-state index < -0.39 is 0 Å². The lowest BCUT2D eigenvalue weighted by Gasteiger charge is -2.09. The Hall–Kier alpha value is -2.08. The molecule has 0 aliphatic carbocycles. The standard InChI is InChI=1S/C13H13FN4S/c14-10-4-3-8-15-11(10)6-9-17-13(19)18-12-5-1-2-7-16-12/h1-5,7-8H,6,9H2,(H2,16,17,18,19). The normalized spacial score (nSPS) is 9.95. The molecule has 6 heteroatoms. The van der Waals surface area contributed by atoms with E-state index in [4.69, 9.17) is 12.2 Å². The molecule has 4 nitrogen and oxygen atoms in total. The van der Waals surface area contributed by atoms with Gasteiger partial charge in [0.05, 0.1) is 5.69 Å². The molecule has 0 saturated carbocycles. The summed E-state index contributed by atoms with van der Waals surface area (Å²) in [6.45, 7) is 0.507. The number of thiocarbonyl (C=S) groups is 1. The van der Waals surface area contributed by atoms with Gasteiger partial charge in [0.15, 0.2) is 5.11 Å². The van der Waals surface area contributed by atoms with E-state index >= 15 is 0 Å². The van der Waals surface area contributed by atoms with Gasteiger partial charge in [-0.05, 0) is 36.5 Å². The second-order valence-electron chi connectivity index (χ2n) is 3.78. The third-order valence-corrected chi connectivity index (χ3v) is 2.63. The van der Waals surface area contributed by atoms with Crippen LogP contribution in [0.1, 0.15) is 5.69 Å². The van der Waals surface area contributed by atoms with Crippen LogP contribution in [-0.2, 0) is 6.42 Å². The number of rotatable bonds is 4. The van der Waals surface area contributed by atoms with Gasteiger partial charge in [-0.25, -0.2) is 9.37 Å². The van der Waals surface area contributed by atoms with Gasteiger partial charge in [0.2, 0.25) is 0 Å². The zero-order valence-electron chi connectivity index (χ0n) is 10.1. The van der Waals surface area contributed by atoms with E-state index in [9.17, 15) is 4.39 Å². The minimum atomic E-state index is -0.298. The zero-order valence-corrected chi connectivity index (χ0v) is 11.0. The summed E-state index contributed by atoms with van der Waals surface area (Å²) in [7, 11) is 0. The molecule has 0 aromatic carbocycles. The van der Waals surface area contributed by atoms with Gasteiger partial charge in [0.25, 0.3) is 0 Å². The SMILES string of the molecule is Fc1cccnc1CCNC(=S)Nc1ccccn1. The van der Waals surface area contributed by atoms with Crippen molar-refractivity contribution in [1.82, 2.24) is 15.3 Å². The monoisotopic (exact) mass is 276 g/mol. The average Bonchev–Trinajstić information content (AvgIpc) is 2.42. The second-order valence-corrected chi connectivity index (χ2v) is 4.19. The van der Waals surface area contributed by atoms with Crippen molar-refractivity contribution < 1.29 is 4.39 Å². The number of hydrogen-bond acceptors (Lipinski definition) is 3. The second kappa shape index (κ2) is 6.75. The Morgan fingerprint density at radius 1 is 1.16 bits per heavy atom. The third-order valence-electron chi connectivity index (χ3n) is 2.39. The summed E-state index contributed by atoms with van der Waals surface area (Å²) in [5.74, 6) is 0.372. The Bertz CT molecular complexity index is 547. The van der Waals surface area contributed by atoms with E-state index in [2.05, 4.69) is 20.6 Å². The van der Waals surface area contributed by atoms with Gasteiger partial charge in [-0.15, -0.1) is 0 Å². The average molecular weight is 276 g/mol. The molecule has 0 bridgehead atoms. The van der Waals surface area contributed by atoms with Crippen LogP contribution < -0.4 is 10.6 Å². The number of pyridine rings is 2. The van der Waals surface area contributed by atoms with Crippen molar-refractivity contribution in [1.29, 1.82) is 0 Å². The van der Waals surface area contributed by atoms with Gasteiger partial charge in [-0.1, -0.05) is 6.07 Å². The van der Waals surface area contributed by atoms with Crippen LogP contribution in [0.5, 0.6) is 0 Å². The van der Waals surface area contributed by atoms with Crippen LogP contribution in [0.25, 0.3) is 0 Å². The molecule has 2 aromatic rings. The lowest BCUT2D eigenvalue weighted by Crippen LogP contribution is -2.30. The van der Waals surface area contributed by atoms with Gasteiger partial charge in [0.1, 0.15) is 11.6 Å². The Morgan fingerprint density at radius 3 is 2.74 bits per heavy atom. The number of aromatic nitrogens is 2. The summed E-state index contributed by atoms with van der Waals surface area (Å²) in [6, 6.07) is 8.46. The molecule has 2 aromatic heterocycles. The topological polar surface area (TPSA) is 49.8 Å². The van der Waals surface area contributed by atoms with Gasteiger partial charge >= 0.3 is 0 Å². The Kier molecular flexibility index (Phi) is 4.74. The van der Waals surface area contributed by atoms with Crippen LogP contribution in [0, 0.1) is 5.82 Å². The van der Waals surface area contributed by atoms with E-state index in [1.54, 1.807) is 18.5 Å². The highest BCUT2D eigenvalue weighted by Gasteiger charge is 2.02. The van der Waals surface area contributed by atoms with Gasteiger partial charge in [0, 0.05) is 25.4 Å². The quantitative estimate of drug-likeness (QED) is 0.838. The lowest BCUT2D eigenvalue weighted by atomic mass is 10.2. The van der Waals surface area contributed by atoms with Gasteiger partial charge < -0.3 is 10.6 Å². The predicted octanol–water partition coefficient (Wildman–Crippen LogP) is 2.14. The molecule has 98 valence electrons. The van der Waals surface area contributed by atoms with E-state index in [-0.39, 0.29) is 5.82 Å². The third kappa shape index (κ3) is 4.26. The smallest absolute Gasteiger partial charge is 0.171 e. The van der Waals surface area contributed by atoms with Crippen molar-refractivity contribution in [3.05, 3.63) is 54.2 Å². The number of halogens is 1. The number of hydrogen-bond donors (Lipinski definition) is 2. The van der Waals surface area contributed by atoms with Crippen LogP contribution in [-0.4, -0.2) is 21.6 Å². The highest BCUT2D eigenvalue weighted by molar-refractivity contribution is 7.80. The molecule has 2 heterocycles. The Morgan fingerprint density at radius 2 is 2.00 bits per heavy atom. The van der Waals surface area contributed by atoms with Crippen LogP contribution in [0.4, 0.5) is 10.2 Å². The van der Waals surface area contributed by atoms with Crippen molar-refractivity contribution in [2.45, 2.75) is 6.42 Å². The van der Waals surface area contributed by atoms with Crippen LogP contribution >= 0.6 is 12.2 Å². The Labute approximate surface area is 116 Å². The maximum absolute atomic E-state index is 13.3. The van der Waals surface area contributed by atoms with Gasteiger partial charge in [-0.2, -0.15) is 0 Å². The highest BCUT2D eigenvalue weighted by Crippen LogP contribution is 2.03. The molecule has 2 N–H and O–H groups in total. The molecule has 0 radical (unpaired) electrons. The number of nitrogens with one attached hydrogen (secondary N) is 2. The van der Waals surface area contributed by atoms with Crippen molar-refractivity contribution in [3.8, 4) is 0 Å². The first-order valence-electron chi connectivity index (χ1n) is 5.81. The first kappa shape index (κ1) is 13.4. The highest BCUT2D eigenvalue weighted by atomic mass is 32.1. The van der Waals surface area contributed by atoms with Crippen molar-refractivity contribution >= 4 is 23.1 Å². The molecule has 0 saturated heterocycles. The minimum Gasteiger partial charge on any atom is -0.362 e. The lowest BCUT2D eigenvalue weighted by molar-refractivity contribution is 0.596. The predicted molar refractivity (Wildman–Crippen MR) is 76.4 cm³/mol. The first-order chi connectivity index (χ1) is 9.25. The summed E-state index contributed by atoms with van der Waals surface area (Å²) in [6.07, 6.45) is 3.72. The van der Waals surface area contributed by atoms with Crippen LogP contribution in [0.2, 0.25) is 0 Å². The summed E-state index contributed by atoms with van der Waals surface area (Å²) in [5, 5.41) is 6.37. The van der Waals surface area contributed by atoms with E-state index in [1.165, 1.54) is 6.07 Å². The van der Waals surface area contributed by atoms with Gasteiger partial charge in [-0.3, -0.25) is 4.98 Å². The van der Waals surface area contributed by atoms with Crippen molar-refractivity contribution in [2.75, 3.05) is 11.9 Å². The molecule has 0 atom stereocenters. The van der Waals surface area contributed by atoms with Crippen molar-refractivity contribution in [2.24, 2.45) is 0 Å². The number of anilines is 1. The summed E-state index contributed by atoms with van der Waals surface area (Å²) in [5.41, 5.74) is 0.427. The zero-order chi connectivity index (χ0) is 13.5. The fourth-order valence-electron chi connectivity index (χ4n) is 1.49.